The van der Waals surface area contributed by atoms with Gasteiger partial charge in [0.2, 0.25) is 11.8 Å². The smallest absolute Gasteiger partial charge is 0.319 e. The van der Waals surface area contributed by atoms with Crippen LogP contribution in [0.4, 0.5) is 19.3 Å². The van der Waals surface area contributed by atoms with Gasteiger partial charge in [-0.2, -0.15) is 4.98 Å². The number of hydrogen-bond acceptors (Lipinski definition) is 5. The first-order valence-electron chi connectivity index (χ1n) is 9.61. The van der Waals surface area contributed by atoms with Crippen LogP contribution in [0.1, 0.15) is 29.6 Å². The molecule has 31 heavy (non-hydrogen) atoms. The summed E-state index contributed by atoms with van der Waals surface area (Å²) in [5.74, 6) is -0.394. The van der Waals surface area contributed by atoms with Crippen LogP contribution in [0.15, 0.2) is 53.1 Å². The van der Waals surface area contributed by atoms with Crippen LogP contribution in [-0.4, -0.2) is 33.5 Å². The molecular weight excluding hydrogens is 408 g/mol. The van der Waals surface area contributed by atoms with Gasteiger partial charge in [0.15, 0.2) is 5.82 Å². The van der Waals surface area contributed by atoms with Crippen molar-refractivity contribution in [2.75, 3.05) is 11.9 Å². The van der Waals surface area contributed by atoms with Crippen LogP contribution in [0.3, 0.4) is 0 Å². The normalized spacial score (nSPS) is 15.9. The quantitative estimate of drug-likeness (QED) is 0.629. The first-order chi connectivity index (χ1) is 15.0. The number of likely N-dealkylation sites (tertiary alicyclic amines) is 1. The molecule has 3 amide bonds. The Morgan fingerprint density at radius 2 is 1.77 bits per heavy atom. The highest BCUT2D eigenvalue weighted by atomic mass is 19.1. The highest BCUT2D eigenvalue weighted by molar-refractivity contribution is 5.89. The molecule has 1 saturated heterocycles. The second kappa shape index (κ2) is 8.90. The first-order valence-corrected chi connectivity index (χ1v) is 9.61. The van der Waals surface area contributed by atoms with Crippen LogP contribution < -0.4 is 10.6 Å². The van der Waals surface area contributed by atoms with E-state index in [0.29, 0.717) is 24.6 Å². The molecule has 4 rings (SSSR count). The second-order valence-electron chi connectivity index (χ2n) is 7.16. The summed E-state index contributed by atoms with van der Waals surface area (Å²) in [6.45, 7) is 0.805. The molecule has 8 nitrogen and oxygen atoms in total. The summed E-state index contributed by atoms with van der Waals surface area (Å²) in [6, 6.07) is 10.9. The van der Waals surface area contributed by atoms with Crippen molar-refractivity contribution in [3.05, 3.63) is 77.4 Å². The van der Waals surface area contributed by atoms with Gasteiger partial charge in [-0.3, -0.25) is 4.79 Å². The molecular formula is C21H19F2N5O3. The number of benzene rings is 2. The van der Waals surface area contributed by atoms with Crippen LogP contribution in [0.5, 0.6) is 0 Å². The SMILES string of the molecule is O=C(NCc1nc(C2CC(=O)N(Cc3ccc(F)cc3)C2)no1)Nc1ccc(F)cc1. The fourth-order valence-electron chi connectivity index (χ4n) is 3.28. The molecule has 1 fully saturated rings. The van der Waals surface area contributed by atoms with Gasteiger partial charge in [-0.25, -0.2) is 13.6 Å². The Bertz CT molecular complexity index is 1070. The molecule has 1 aromatic heterocycles. The maximum absolute atomic E-state index is 13.0. The van der Waals surface area contributed by atoms with Gasteiger partial charge >= 0.3 is 6.03 Å². The highest BCUT2D eigenvalue weighted by Crippen LogP contribution is 2.27. The lowest BCUT2D eigenvalue weighted by atomic mass is 10.1. The van der Waals surface area contributed by atoms with E-state index >= 15 is 0 Å². The number of urea groups is 1. The van der Waals surface area contributed by atoms with Crippen molar-refractivity contribution in [3.63, 3.8) is 0 Å². The van der Waals surface area contributed by atoms with Gasteiger partial charge in [-0.1, -0.05) is 17.3 Å². The summed E-state index contributed by atoms with van der Waals surface area (Å²) in [7, 11) is 0. The second-order valence-corrected chi connectivity index (χ2v) is 7.16. The third-order valence-electron chi connectivity index (χ3n) is 4.85. The lowest BCUT2D eigenvalue weighted by Crippen LogP contribution is -2.28. The van der Waals surface area contributed by atoms with E-state index in [-0.39, 0.29) is 36.5 Å². The van der Waals surface area contributed by atoms with Crippen molar-refractivity contribution in [2.45, 2.75) is 25.4 Å². The van der Waals surface area contributed by atoms with Crippen molar-refractivity contribution in [1.29, 1.82) is 0 Å². The summed E-state index contributed by atoms with van der Waals surface area (Å²) in [4.78, 5) is 30.2. The Morgan fingerprint density at radius 3 is 2.48 bits per heavy atom. The molecule has 0 saturated carbocycles. The van der Waals surface area contributed by atoms with E-state index < -0.39 is 11.8 Å². The monoisotopic (exact) mass is 427 g/mol. The Morgan fingerprint density at radius 1 is 1.10 bits per heavy atom. The van der Waals surface area contributed by atoms with Crippen molar-refractivity contribution < 1.29 is 22.9 Å². The van der Waals surface area contributed by atoms with Gasteiger partial charge in [0.05, 0.1) is 6.54 Å². The summed E-state index contributed by atoms with van der Waals surface area (Å²) >= 11 is 0. The van der Waals surface area contributed by atoms with Crippen LogP contribution >= 0.6 is 0 Å². The van der Waals surface area contributed by atoms with Crippen molar-refractivity contribution in [2.24, 2.45) is 0 Å². The number of nitrogens with zero attached hydrogens (tertiary/aromatic N) is 3. The van der Waals surface area contributed by atoms with E-state index in [2.05, 4.69) is 20.8 Å². The number of halogens is 2. The molecule has 0 aliphatic carbocycles. The summed E-state index contributed by atoms with van der Waals surface area (Å²) in [6.07, 6.45) is 0.249. The molecule has 1 aliphatic heterocycles. The molecule has 1 aliphatic rings. The fourth-order valence-corrected chi connectivity index (χ4v) is 3.28. The Labute approximate surface area is 176 Å². The largest absolute Gasteiger partial charge is 0.338 e. The Hall–Kier alpha value is -3.82. The van der Waals surface area contributed by atoms with Crippen LogP contribution in [0.25, 0.3) is 0 Å². The average molecular weight is 427 g/mol. The van der Waals surface area contributed by atoms with Crippen LogP contribution in [-0.2, 0) is 17.9 Å². The number of carbonyl (C=O) groups excluding carboxylic acids is 2. The number of nitrogens with one attached hydrogen (secondary N) is 2. The van der Waals surface area contributed by atoms with Crippen LogP contribution in [0.2, 0.25) is 0 Å². The van der Waals surface area contributed by atoms with Crippen LogP contribution in [0, 0.1) is 11.6 Å². The first kappa shape index (κ1) is 20.5. The maximum Gasteiger partial charge on any atom is 0.319 e. The average Bonchev–Trinajstić information content (AvgIpc) is 3.37. The van der Waals surface area contributed by atoms with E-state index in [1.165, 1.54) is 36.4 Å². The topological polar surface area (TPSA) is 100 Å². The van der Waals surface area contributed by atoms with Crippen molar-refractivity contribution in [1.82, 2.24) is 20.4 Å². The minimum Gasteiger partial charge on any atom is -0.338 e. The lowest BCUT2D eigenvalue weighted by molar-refractivity contribution is -0.128. The van der Waals surface area contributed by atoms with Gasteiger partial charge in [0.1, 0.15) is 11.6 Å². The zero-order valence-electron chi connectivity index (χ0n) is 16.3. The lowest BCUT2D eigenvalue weighted by Gasteiger charge is -2.16. The number of rotatable bonds is 6. The van der Waals surface area contributed by atoms with Crippen molar-refractivity contribution >= 4 is 17.6 Å². The van der Waals surface area contributed by atoms with E-state index in [1.54, 1.807) is 17.0 Å². The van der Waals surface area contributed by atoms with Crippen molar-refractivity contribution in [3.8, 4) is 0 Å². The highest BCUT2D eigenvalue weighted by Gasteiger charge is 2.33. The zero-order valence-corrected chi connectivity index (χ0v) is 16.3. The molecule has 160 valence electrons. The third-order valence-corrected chi connectivity index (χ3v) is 4.85. The van der Waals surface area contributed by atoms with Gasteiger partial charge in [-0.15, -0.1) is 0 Å². The number of aromatic nitrogens is 2. The third kappa shape index (κ3) is 5.21. The molecule has 10 heteroatoms. The minimum atomic E-state index is -0.507. The standard InChI is InChI=1S/C21H19F2N5O3/c22-15-3-1-13(2-4-15)11-28-12-14(9-19(28)29)20-26-18(31-27-20)10-24-21(30)25-17-7-5-16(23)6-8-17/h1-8,14H,9-12H2,(H2,24,25,30). The van der Waals surface area contributed by atoms with Gasteiger partial charge in [0.25, 0.3) is 0 Å². The Kier molecular flexibility index (Phi) is 5.87. The van der Waals surface area contributed by atoms with Gasteiger partial charge in [0, 0.05) is 31.1 Å². The predicted molar refractivity (Wildman–Crippen MR) is 106 cm³/mol. The van der Waals surface area contributed by atoms with E-state index in [1.807, 2.05) is 0 Å². The molecule has 2 N–H and O–H groups in total. The number of amides is 3. The maximum atomic E-state index is 13.0. The molecule has 2 heterocycles. The van der Waals surface area contributed by atoms with E-state index in [0.717, 1.165) is 5.56 Å². The van der Waals surface area contributed by atoms with Gasteiger partial charge in [-0.05, 0) is 42.0 Å². The van der Waals surface area contributed by atoms with E-state index in [9.17, 15) is 18.4 Å². The fraction of sp³-hybridized carbons (Fsp3) is 0.238. The summed E-state index contributed by atoms with van der Waals surface area (Å²) < 4.78 is 31.1. The molecule has 1 unspecified atom stereocenters. The van der Waals surface area contributed by atoms with E-state index in [4.69, 9.17) is 4.52 Å². The zero-order chi connectivity index (χ0) is 21.8. The molecule has 0 radical (unpaired) electrons. The number of carbonyl (C=O) groups is 2. The predicted octanol–water partition coefficient (Wildman–Crippen LogP) is 3.19. The molecule has 0 bridgehead atoms. The number of anilines is 1. The summed E-state index contributed by atoms with van der Waals surface area (Å²) in [5.41, 5.74) is 1.27. The minimum absolute atomic E-state index is 0.0000117. The molecule has 3 aromatic rings. The molecule has 1 atom stereocenters. The Balaban J connectivity index is 1.29. The molecule has 0 spiro atoms. The molecule has 2 aromatic carbocycles. The summed E-state index contributed by atoms with van der Waals surface area (Å²) in [5, 5.41) is 9.06. The van der Waals surface area contributed by atoms with Gasteiger partial charge < -0.3 is 20.1 Å². The number of hydrogen-bond donors (Lipinski definition) is 2.